The number of rotatable bonds is 5. The van der Waals surface area contributed by atoms with Gasteiger partial charge in [-0.05, 0) is 37.3 Å². The Morgan fingerprint density at radius 3 is 2.41 bits per heavy atom. The lowest BCUT2D eigenvalue weighted by Crippen LogP contribution is -3.13. The Labute approximate surface area is 131 Å². The van der Waals surface area contributed by atoms with Crippen LogP contribution in [0.4, 0.5) is 5.95 Å². The van der Waals surface area contributed by atoms with Gasteiger partial charge in [0, 0.05) is 18.0 Å². The summed E-state index contributed by atoms with van der Waals surface area (Å²) in [6, 6.07) is 10.3. The van der Waals surface area contributed by atoms with Gasteiger partial charge in [-0.1, -0.05) is 0 Å². The number of anilines is 1. The third kappa shape index (κ3) is 3.74. The van der Waals surface area contributed by atoms with Crippen molar-refractivity contribution in [1.82, 2.24) is 9.97 Å². The first-order valence-electron chi connectivity index (χ1n) is 7.92. The minimum Gasteiger partial charge on any atom is -0.494 e. The van der Waals surface area contributed by atoms with E-state index in [-0.39, 0.29) is 0 Å². The quantitative estimate of drug-likeness (QED) is 0.886. The number of hydrogen-bond donors (Lipinski definition) is 1. The van der Waals surface area contributed by atoms with Gasteiger partial charge in [-0.15, -0.1) is 0 Å². The SMILES string of the molecule is CCOc1ccc(C[NH+]2CCN(c3ncccn3)CC2)cc1. The number of quaternary nitrogens is 1. The van der Waals surface area contributed by atoms with Crippen LogP contribution >= 0.6 is 0 Å². The Kier molecular flexibility index (Phi) is 4.85. The molecule has 0 saturated carbocycles. The first kappa shape index (κ1) is 14.8. The molecule has 5 heteroatoms. The molecule has 3 rings (SSSR count). The average Bonchev–Trinajstić information content (AvgIpc) is 2.58. The molecule has 0 aliphatic carbocycles. The Morgan fingerprint density at radius 2 is 1.77 bits per heavy atom. The molecule has 2 heterocycles. The summed E-state index contributed by atoms with van der Waals surface area (Å²) < 4.78 is 5.49. The van der Waals surface area contributed by atoms with Gasteiger partial charge in [-0.2, -0.15) is 0 Å². The molecule has 2 aromatic rings. The zero-order valence-corrected chi connectivity index (χ0v) is 13.0. The van der Waals surface area contributed by atoms with E-state index in [2.05, 4.69) is 39.1 Å². The molecule has 5 nitrogen and oxygen atoms in total. The van der Waals surface area contributed by atoms with E-state index in [9.17, 15) is 0 Å². The van der Waals surface area contributed by atoms with E-state index >= 15 is 0 Å². The third-order valence-corrected chi connectivity index (χ3v) is 3.99. The van der Waals surface area contributed by atoms with Crippen molar-refractivity contribution in [2.45, 2.75) is 13.5 Å². The molecule has 1 aliphatic heterocycles. The van der Waals surface area contributed by atoms with Gasteiger partial charge in [-0.25, -0.2) is 9.97 Å². The molecule has 1 N–H and O–H groups in total. The summed E-state index contributed by atoms with van der Waals surface area (Å²) in [4.78, 5) is 12.5. The van der Waals surface area contributed by atoms with E-state index in [0.717, 1.165) is 44.4 Å². The summed E-state index contributed by atoms with van der Waals surface area (Å²) in [5, 5.41) is 0. The Hall–Kier alpha value is -2.14. The Morgan fingerprint density at radius 1 is 1.09 bits per heavy atom. The molecule has 0 atom stereocenters. The molecule has 1 aromatic heterocycles. The van der Waals surface area contributed by atoms with Crippen molar-refractivity contribution in [3.63, 3.8) is 0 Å². The molecule has 1 fully saturated rings. The average molecular weight is 299 g/mol. The molecular weight excluding hydrogens is 276 g/mol. The summed E-state index contributed by atoms with van der Waals surface area (Å²) in [7, 11) is 0. The highest BCUT2D eigenvalue weighted by atomic mass is 16.5. The van der Waals surface area contributed by atoms with Crippen LogP contribution in [0.3, 0.4) is 0 Å². The van der Waals surface area contributed by atoms with Crippen LogP contribution in [-0.2, 0) is 6.54 Å². The van der Waals surface area contributed by atoms with Crippen LogP contribution in [0.25, 0.3) is 0 Å². The van der Waals surface area contributed by atoms with Crippen molar-refractivity contribution in [2.75, 3.05) is 37.7 Å². The van der Waals surface area contributed by atoms with Crippen LogP contribution in [0.2, 0.25) is 0 Å². The largest absolute Gasteiger partial charge is 0.494 e. The number of hydrogen-bond acceptors (Lipinski definition) is 4. The molecule has 0 amide bonds. The number of aromatic nitrogens is 2. The normalized spacial score (nSPS) is 15.8. The molecule has 22 heavy (non-hydrogen) atoms. The van der Waals surface area contributed by atoms with Gasteiger partial charge in [-0.3, -0.25) is 0 Å². The molecule has 1 aliphatic rings. The summed E-state index contributed by atoms with van der Waals surface area (Å²) in [6.07, 6.45) is 3.61. The van der Waals surface area contributed by atoms with Crippen molar-refractivity contribution in [2.24, 2.45) is 0 Å². The summed E-state index contributed by atoms with van der Waals surface area (Å²) in [5.74, 6) is 1.80. The Balaban J connectivity index is 1.51. The van der Waals surface area contributed by atoms with Gasteiger partial charge < -0.3 is 14.5 Å². The van der Waals surface area contributed by atoms with Gasteiger partial charge in [0.05, 0.1) is 32.8 Å². The number of ether oxygens (including phenoxy) is 1. The summed E-state index contributed by atoms with van der Waals surface area (Å²) >= 11 is 0. The fraction of sp³-hybridized carbons (Fsp3) is 0.412. The van der Waals surface area contributed by atoms with E-state index < -0.39 is 0 Å². The van der Waals surface area contributed by atoms with Crippen molar-refractivity contribution < 1.29 is 9.64 Å². The number of piperazine rings is 1. The third-order valence-electron chi connectivity index (χ3n) is 3.99. The van der Waals surface area contributed by atoms with Gasteiger partial charge in [0.1, 0.15) is 12.3 Å². The molecule has 1 saturated heterocycles. The zero-order valence-electron chi connectivity index (χ0n) is 13.0. The monoisotopic (exact) mass is 299 g/mol. The maximum absolute atomic E-state index is 5.49. The highest BCUT2D eigenvalue weighted by Crippen LogP contribution is 2.11. The summed E-state index contributed by atoms with van der Waals surface area (Å²) in [5.41, 5.74) is 1.36. The van der Waals surface area contributed by atoms with Crippen molar-refractivity contribution in [1.29, 1.82) is 0 Å². The maximum atomic E-state index is 5.49. The minimum absolute atomic E-state index is 0.716. The topological polar surface area (TPSA) is 42.7 Å². The van der Waals surface area contributed by atoms with Crippen LogP contribution in [-0.4, -0.2) is 42.8 Å². The predicted molar refractivity (Wildman–Crippen MR) is 86.3 cm³/mol. The summed E-state index contributed by atoms with van der Waals surface area (Å²) in [6.45, 7) is 8.04. The van der Waals surface area contributed by atoms with Crippen LogP contribution in [0.1, 0.15) is 12.5 Å². The van der Waals surface area contributed by atoms with Crippen LogP contribution in [0, 0.1) is 0 Å². The number of nitrogens with one attached hydrogen (secondary N) is 1. The van der Waals surface area contributed by atoms with Gasteiger partial charge in [0.25, 0.3) is 0 Å². The second-order valence-electron chi connectivity index (χ2n) is 5.54. The van der Waals surface area contributed by atoms with Gasteiger partial charge >= 0.3 is 0 Å². The highest BCUT2D eigenvalue weighted by Gasteiger charge is 2.21. The lowest BCUT2D eigenvalue weighted by Gasteiger charge is -2.32. The molecule has 0 radical (unpaired) electrons. The van der Waals surface area contributed by atoms with E-state index in [0.29, 0.717) is 6.61 Å². The standard InChI is InChI=1S/C17H22N4O/c1-2-22-16-6-4-15(5-7-16)14-20-10-12-21(13-11-20)17-18-8-3-9-19-17/h3-9H,2,10-14H2,1H3/p+1. The van der Waals surface area contributed by atoms with E-state index in [1.807, 2.05) is 25.4 Å². The van der Waals surface area contributed by atoms with Crippen LogP contribution in [0.15, 0.2) is 42.7 Å². The van der Waals surface area contributed by atoms with Crippen LogP contribution < -0.4 is 14.5 Å². The van der Waals surface area contributed by atoms with E-state index in [4.69, 9.17) is 4.74 Å². The van der Waals surface area contributed by atoms with Crippen molar-refractivity contribution in [3.8, 4) is 5.75 Å². The van der Waals surface area contributed by atoms with E-state index in [1.54, 1.807) is 4.90 Å². The zero-order chi connectivity index (χ0) is 15.2. The second kappa shape index (κ2) is 7.22. The fourth-order valence-electron chi connectivity index (χ4n) is 2.81. The van der Waals surface area contributed by atoms with Crippen molar-refractivity contribution in [3.05, 3.63) is 48.3 Å². The Bertz CT molecular complexity index is 565. The predicted octanol–water partition coefficient (Wildman–Crippen LogP) is 0.780. The number of benzene rings is 1. The maximum Gasteiger partial charge on any atom is 0.225 e. The van der Waals surface area contributed by atoms with Gasteiger partial charge in [0.15, 0.2) is 0 Å². The molecule has 0 spiro atoms. The van der Waals surface area contributed by atoms with Crippen LogP contribution in [0.5, 0.6) is 5.75 Å². The fourth-order valence-corrected chi connectivity index (χ4v) is 2.81. The smallest absolute Gasteiger partial charge is 0.225 e. The van der Waals surface area contributed by atoms with Crippen molar-refractivity contribution >= 4 is 5.95 Å². The lowest BCUT2D eigenvalue weighted by atomic mass is 10.2. The minimum atomic E-state index is 0.716. The molecule has 0 bridgehead atoms. The molecular formula is C17H23N4O+. The number of nitrogens with zero attached hydrogens (tertiary/aromatic N) is 3. The molecule has 116 valence electrons. The lowest BCUT2D eigenvalue weighted by molar-refractivity contribution is -0.914. The molecule has 0 unspecified atom stereocenters. The first-order chi connectivity index (χ1) is 10.8. The molecule has 1 aromatic carbocycles. The van der Waals surface area contributed by atoms with E-state index in [1.165, 1.54) is 5.56 Å². The highest BCUT2D eigenvalue weighted by molar-refractivity contribution is 5.29. The second-order valence-corrected chi connectivity index (χ2v) is 5.54. The van der Waals surface area contributed by atoms with Gasteiger partial charge in [0.2, 0.25) is 5.95 Å². The first-order valence-corrected chi connectivity index (χ1v) is 7.92.